The molecule has 0 unspecified atom stereocenters. The van der Waals surface area contributed by atoms with Crippen LogP contribution in [0.4, 0.5) is 0 Å². The maximum Gasteiger partial charge on any atom is 0.112 e. The Morgan fingerprint density at radius 3 is 2.70 bits per heavy atom. The number of nitrogens with two attached hydrogens (primary N) is 2. The highest BCUT2D eigenvalue weighted by Gasteiger charge is 2.14. The molecule has 0 aliphatic carbocycles. The molecule has 0 bridgehead atoms. The zero-order valence-electron chi connectivity index (χ0n) is 12.6. The number of aromatic nitrogens is 1. The summed E-state index contributed by atoms with van der Waals surface area (Å²) in [5.74, 6) is 0. The maximum absolute atomic E-state index is 6.32. The third-order valence-corrected chi connectivity index (χ3v) is 3.78. The fourth-order valence-electron chi connectivity index (χ4n) is 2.27. The van der Waals surface area contributed by atoms with Crippen molar-refractivity contribution in [1.82, 2.24) is 4.98 Å². The molecule has 120 valence electrons. The van der Waals surface area contributed by atoms with Crippen LogP contribution >= 0.6 is 23.2 Å². The predicted octanol–water partition coefficient (Wildman–Crippen LogP) is 3.34. The van der Waals surface area contributed by atoms with Crippen molar-refractivity contribution in [3.63, 3.8) is 0 Å². The number of aryl methyl sites for hydroxylation is 1. The summed E-state index contributed by atoms with van der Waals surface area (Å²) in [5.41, 5.74) is 15.4. The van der Waals surface area contributed by atoms with Crippen molar-refractivity contribution in [2.75, 3.05) is 0 Å². The van der Waals surface area contributed by atoms with E-state index >= 15 is 0 Å². The van der Waals surface area contributed by atoms with E-state index in [9.17, 15) is 0 Å². The summed E-state index contributed by atoms with van der Waals surface area (Å²) in [6.07, 6.45) is 2.59. The van der Waals surface area contributed by atoms with Gasteiger partial charge < -0.3 is 11.5 Å². The molecule has 1 aromatic carbocycles. The lowest BCUT2D eigenvalue weighted by atomic mass is 10.00. The molecule has 0 atom stereocenters. The first-order valence-corrected chi connectivity index (χ1v) is 7.69. The van der Waals surface area contributed by atoms with Gasteiger partial charge in [0.2, 0.25) is 0 Å². The summed E-state index contributed by atoms with van der Waals surface area (Å²) in [4.78, 5) is 12.6. The monoisotopic (exact) mass is 349 g/mol. The van der Waals surface area contributed by atoms with Crippen molar-refractivity contribution < 1.29 is 0 Å². The van der Waals surface area contributed by atoms with Crippen molar-refractivity contribution in [2.24, 2.45) is 21.5 Å². The first-order valence-electron chi connectivity index (χ1n) is 6.93. The molecular formula is C16H17Cl2N5. The number of hydrogen-bond acceptors (Lipinski definition) is 3. The van der Waals surface area contributed by atoms with E-state index in [2.05, 4.69) is 15.0 Å². The quantitative estimate of drug-likeness (QED) is 0.640. The Hall–Kier alpha value is -1.95. The molecule has 23 heavy (non-hydrogen) atoms. The minimum atomic E-state index is 0.326. The van der Waals surface area contributed by atoms with Gasteiger partial charge in [-0.3, -0.25) is 9.98 Å². The van der Waals surface area contributed by atoms with Crippen LogP contribution in [0.5, 0.6) is 0 Å². The zero-order chi connectivity index (χ0) is 16.8. The standard InChI is InChI=1S/C16H17Cl2N5/c1-10-4-11(7-21-9-22-8-20)14(6-19)16(23-10)13-3-2-12(17)5-15(13)18/h2-5,8-9H,6-7,19H2,1H3,(H2,20,21,22). The van der Waals surface area contributed by atoms with E-state index in [0.29, 0.717) is 23.1 Å². The number of benzene rings is 1. The Bertz CT molecular complexity index is 756. The SMILES string of the molecule is Cc1cc(CN=CN=CN)c(CN)c(-c2ccc(Cl)cc2Cl)n1. The van der Waals surface area contributed by atoms with Gasteiger partial charge in [-0.25, -0.2) is 4.99 Å². The molecule has 0 aliphatic rings. The summed E-state index contributed by atoms with van der Waals surface area (Å²) >= 11 is 12.3. The van der Waals surface area contributed by atoms with E-state index < -0.39 is 0 Å². The van der Waals surface area contributed by atoms with Gasteiger partial charge in [-0.1, -0.05) is 23.2 Å². The van der Waals surface area contributed by atoms with E-state index in [-0.39, 0.29) is 0 Å². The lowest BCUT2D eigenvalue weighted by Gasteiger charge is -2.14. The third kappa shape index (κ3) is 4.28. The molecule has 0 spiro atoms. The molecule has 0 aliphatic heterocycles. The Kier molecular flexibility index (Phi) is 6.10. The number of hydrogen-bond donors (Lipinski definition) is 2. The van der Waals surface area contributed by atoms with E-state index in [1.807, 2.05) is 19.1 Å². The fourth-order valence-corrected chi connectivity index (χ4v) is 2.76. The van der Waals surface area contributed by atoms with Crippen LogP contribution in [0, 0.1) is 6.92 Å². The van der Waals surface area contributed by atoms with Crippen molar-refractivity contribution in [1.29, 1.82) is 0 Å². The lowest BCUT2D eigenvalue weighted by Crippen LogP contribution is -2.07. The minimum absolute atomic E-state index is 0.326. The summed E-state index contributed by atoms with van der Waals surface area (Å²) < 4.78 is 0. The van der Waals surface area contributed by atoms with Crippen molar-refractivity contribution >= 4 is 35.9 Å². The van der Waals surface area contributed by atoms with Gasteiger partial charge in [0.05, 0.1) is 23.6 Å². The highest BCUT2D eigenvalue weighted by molar-refractivity contribution is 6.36. The third-order valence-electron chi connectivity index (χ3n) is 3.23. The Morgan fingerprint density at radius 2 is 2.04 bits per heavy atom. The van der Waals surface area contributed by atoms with Crippen LogP contribution in [0.3, 0.4) is 0 Å². The molecule has 1 aromatic heterocycles. The highest BCUT2D eigenvalue weighted by Crippen LogP contribution is 2.33. The number of pyridine rings is 1. The molecule has 0 saturated heterocycles. The van der Waals surface area contributed by atoms with E-state index in [0.717, 1.165) is 28.1 Å². The van der Waals surface area contributed by atoms with Crippen LogP contribution in [0.2, 0.25) is 10.0 Å². The fraction of sp³-hybridized carbons (Fsp3) is 0.188. The smallest absolute Gasteiger partial charge is 0.112 e. The molecule has 7 heteroatoms. The molecular weight excluding hydrogens is 333 g/mol. The second-order valence-corrected chi connectivity index (χ2v) is 5.68. The summed E-state index contributed by atoms with van der Waals surface area (Å²) in [7, 11) is 0. The lowest BCUT2D eigenvalue weighted by molar-refractivity contribution is 0.956. The van der Waals surface area contributed by atoms with Gasteiger partial charge in [0.1, 0.15) is 6.34 Å². The van der Waals surface area contributed by atoms with Crippen LogP contribution in [0.1, 0.15) is 16.8 Å². The average molecular weight is 350 g/mol. The second-order valence-electron chi connectivity index (χ2n) is 4.83. The number of nitrogens with zero attached hydrogens (tertiary/aromatic N) is 3. The van der Waals surface area contributed by atoms with Gasteiger partial charge in [-0.2, -0.15) is 0 Å². The van der Waals surface area contributed by atoms with Crippen LogP contribution in [-0.4, -0.2) is 17.7 Å². The number of aliphatic imine (C=N–C) groups is 2. The second kappa shape index (κ2) is 8.06. The molecule has 2 aromatic rings. The van der Waals surface area contributed by atoms with Crippen molar-refractivity contribution in [3.8, 4) is 11.3 Å². The van der Waals surface area contributed by atoms with Gasteiger partial charge in [-0.15, -0.1) is 0 Å². The molecule has 0 saturated carbocycles. The van der Waals surface area contributed by atoms with Crippen LogP contribution in [-0.2, 0) is 13.1 Å². The minimum Gasteiger partial charge on any atom is -0.390 e. The molecule has 4 N–H and O–H groups in total. The molecule has 1 heterocycles. The van der Waals surface area contributed by atoms with Crippen molar-refractivity contribution in [3.05, 3.63) is 51.1 Å². The van der Waals surface area contributed by atoms with Crippen molar-refractivity contribution in [2.45, 2.75) is 20.0 Å². The summed E-state index contributed by atoms with van der Waals surface area (Å²) in [5, 5.41) is 1.11. The average Bonchev–Trinajstić information content (AvgIpc) is 2.51. The van der Waals surface area contributed by atoms with Crippen LogP contribution in [0.15, 0.2) is 34.3 Å². The van der Waals surface area contributed by atoms with Gasteiger partial charge in [0, 0.05) is 22.8 Å². The molecule has 0 radical (unpaired) electrons. The van der Waals surface area contributed by atoms with Gasteiger partial charge in [0.15, 0.2) is 0 Å². The molecule has 0 fully saturated rings. The van der Waals surface area contributed by atoms with E-state index in [4.69, 9.17) is 34.7 Å². The van der Waals surface area contributed by atoms with Crippen LogP contribution in [0.25, 0.3) is 11.3 Å². The Balaban J connectivity index is 2.53. The predicted molar refractivity (Wildman–Crippen MR) is 97.2 cm³/mol. The van der Waals surface area contributed by atoms with Crippen LogP contribution < -0.4 is 11.5 Å². The zero-order valence-corrected chi connectivity index (χ0v) is 14.1. The normalized spacial score (nSPS) is 11.7. The Morgan fingerprint density at radius 1 is 1.26 bits per heavy atom. The highest BCUT2D eigenvalue weighted by atomic mass is 35.5. The molecule has 0 amide bonds. The first kappa shape index (κ1) is 17.4. The first-order chi connectivity index (χ1) is 11.1. The topological polar surface area (TPSA) is 89.6 Å². The van der Waals surface area contributed by atoms with E-state index in [1.165, 1.54) is 12.7 Å². The van der Waals surface area contributed by atoms with Gasteiger partial charge in [-0.05, 0) is 42.3 Å². The summed E-state index contributed by atoms with van der Waals surface area (Å²) in [6.45, 7) is 2.68. The maximum atomic E-state index is 6.32. The Labute approximate surface area is 145 Å². The van der Waals surface area contributed by atoms with E-state index in [1.54, 1.807) is 12.1 Å². The number of rotatable bonds is 5. The largest absolute Gasteiger partial charge is 0.390 e. The number of halogens is 2. The van der Waals surface area contributed by atoms with Gasteiger partial charge >= 0.3 is 0 Å². The summed E-state index contributed by atoms with van der Waals surface area (Å²) in [6, 6.07) is 7.27. The van der Waals surface area contributed by atoms with Gasteiger partial charge in [0.25, 0.3) is 0 Å². The molecule has 5 nitrogen and oxygen atoms in total. The molecule has 2 rings (SSSR count).